The summed E-state index contributed by atoms with van der Waals surface area (Å²) in [4.78, 5) is 22.0. The predicted octanol–water partition coefficient (Wildman–Crippen LogP) is 3.52. The number of ether oxygens (including phenoxy) is 2. The van der Waals surface area contributed by atoms with Crippen LogP contribution in [0.25, 0.3) is 10.9 Å². The largest absolute Gasteiger partial charge is 0.493 e. The molecular formula is C21H25N3O3. The van der Waals surface area contributed by atoms with Crippen LogP contribution in [-0.4, -0.2) is 35.6 Å². The lowest BCUT2D eigenvalue weighted by atomic mass is 10.1. The van der Waals surface area contributed by atoms with Gasteiger partial charge in [-0.1, -0.05) is 18.2 Å². The molecule has 0 radical (unpaired) electrons. The summed E-state index contributed by atoms with van der Waals surface area (Å²) in [5.41, 5.74) is 1.69. The zero-order valence-electron chi connectivity index (χ0n) is 16.2. The molecule has 0 fully saturated rings. The van der Waals surface area contributed by atoms with Crippen molar-refractivity contribution < 1.29 is 9.47 Å². The Morgan fingerprint density at radius 3 is 2.70 bits per heavy atom. The van der Waals surface area contributed by atoms with Crippen molar-refractivity contribution in [1.82, 2.24) is 14.9 Å². The average molecular weight is 367 g/mol. The number of hydrogen-bond donors (Lipinski definition) is 1. The molecule has 142 valence electrons. The summed E-state index contributed by atoms with van der Waals surface area (Å²) in [6.45, 7) is 5.24. The van der Waals surface area contributed by atoms with E-state index in [1.807, 2.05) is 57.3 Å². The second kappa shape index (κ2) is 8.22. The number of fused-ring (bicyclic) bond motifs is 1. The quantitative estimate of drug-likeness (QED) is 0.692. The van der Waals surface area contributed by atoms with Crippen molar-refractivity contribution in [3.63, 3.8) is 0 Å². The Morgan fingerprint density at radius 2 is 1.96 bits per heavy atom. The number of aromatic amines is 1. The van der Waals surface area contributed by atoms with Crippen LogP contribution in [0, 0.1) is 0 Å². The van der Waals surface area contributed by atoms with Gasteiger partial charge in [-0.25, -0.2) is 4.98 Å². The van der Waals surface area contributed by atoms with Gasteiger partial charge >= 0.3 is 0 Å². The van der Waals surface area contributed by atoms with E-state index in [0.717, 1.165) is 11.3 Å². The highest BCUT2D eigenvalue weighted by atomic mass is 16.5. The number of aromatic nitrogens is 2. The fourth-order valence-electron chi connectivity index (χ4n) is 3.02. The lowest BCUT2D eigenvalue weighted by Gasteiger charge is -2.24. The van der Waals surface area contributed by atoms with E-state index < -0.39 is 0 Å². The first kappa shape index (κ1) is 18.9. The zero-order chi connectivity index (χ0) is 19.4. The van der Waals surface area contributed by atoms with E-state index in [0.29, 0.717) is 35.6 Å². The van der Waals surface area contributed by atoms with Crippen molar-refractivity contribution in [3.8, 4) is 11.5 Å². The first-order chi connectivity index (χ1) is 13.0. The number of para-hydroxylation sites is 1. The van der Waals surface area contributed by atoms with Gasteiger partial charge in [-0.3, -0.25) is 9.69 Å². The van der Waals surface area contributed by atoms with Crippen LogP contribution in [0.3, 0.4) is 0 Å². The topological polar surface area (TPSA) is 67.5 Å². The summed E-state index contributed by atoms with van der Waals surface area (Å²) >= 11 is 0. The first-order valence-corrected chi connectivity index (χ1v) is 9.02. The molecule has 0 spiro atoms. The van der Waals surface area contributed by atoms with Gasteiger partial charge in [-0.2, -0.15) is 0 Å². The number of H-pyrrole nitrogens is 1. The highest BCUT2D eigenvalue weighted by Gasteiger charge is 2.17. The van der Waals surface area contributed by atoms with E-state index in [-0.39, 0.29) is 11.6 Å². The Kier molecular flexibility index (Phi) is 5.76. The Balaban J connectivity index is 1.82. The number of rotatable bonds is 7. The van der Waals surface area contributed by atoms with Gasteiger partial charge in [0.2, 0.25) is 0 Å². The van der Waals surface area contributed by atoms with E-state index in [2.05, 4.69) is 14.9 Å². The standard InChI is InChI=1S/C21H25N3O3/c1-5-27-18-11-10-15(12-19(18)26-4)13-24(3)14(2)20-22-17-9-7-6-8-16(17)21(25)23-20/h6-12,14H,5,13H2,1-4H3,(H,22,23,25)/t14-/m1/s1. The van der Waals surface area contributed by atoms with Gasteiger partial charge in [0.05, 0.1) is 30.7 Å². The van der Waals surface area contributed by atoms with Crippen LogP contribution in [0.1, 0.15) is 31.3 Å². The Bertz CT molecular complexity index is 984. The average Bonchev–Trinajstić information content (AvgIpc) is 2.68. The Morgan fingerprint density at radius 1 is 1.19 bits per heavy atom. The third-order valence-corrected chi connectivity index (χ3v) is 4.65. The maximum absolute atomic E-state index is 12.3. The van der Waals surface area contributed by atoms with E-state index in [1.54, 1.807) is 13.2 Å². The van der Waals surface area contributed by atoms with Crippen LogP contribution in [0.5, 0.6) is 11.5 Å². The summed E-state index contributed by atoms with van der Waals surface area (Å²) < 4.78 is 11.0. The molecule has 0 aliphatic heterocycles. The number of benzene rings is 2. The minimum absolute atomic E-state index is 0.0557. The van der Waals surface area contributed by atoms with Crippen LogP contribution in [0.2, 0.25) is 0 Å². The normalized spacial score (nSPS) is 12.3. The molecule has 6 nitrogen and oxygen atoms in total. The Labute approximate surface area is 158 Å². The molecule has 1 N–H and O–H groups in total. The molecule has 0 aliphatic rings. The lowest BCUT2D eigenvalue weighted by Crippen LogP contribution is -2.26. The van der Waals surface area contributed by atoms with Gasteiger partial charge in [-0.05, 0) is 50.7 Å². The van der Waals surface area contributed by atoms with Crippen molar-refractivity contribution in [1.29, 1.82) is 0 Å². The minimum Gasteiger partial charge on any atom is -0.493 e. The smallest absolute Gasteiger partial charge is 0.258 e. The van der Waals surface area contributed by atoms with Crippen LogP contribution in [-0.2, 0) is 6.54 Å². The molecule has 0 amide bonds. The first-order valence-electron chi connectivity index (χ1n) is 9.02. The van der Waals surface area contributed by atoms with E-state index in [9.17, 15) is 4.79 Å². The number of methoxy groups -OCH3 is 1. The molecular weight excluding hydrogens is 342 g/mol. The monoisotopic (exact) mass is 367 g/mol. The maximum Gasteiger partial charge on any atom is 0.258 e. The molecule has 0 unspecified atom stereocenters. The molecule has 6 heteroatoms. The second-order valence-corrected chi connectivity index (χ2v) is 6.48. The van der Waals surface area contributed by atoms with Crippen molar-refractivity contribution in [3.05, 3.63) is 64.2 Å². The molecule has 1 heterocycles. The molecule has 2 aromatic carbocycles. The predicted molar refractivity (Wildman–Crippen MR) is 106 cm³/mol. The fraction of sp³-hybridized carbons (Fsp3) is 0.333. The maximum atomic E-state index is 12.3. The van der Waals surface area contributed by atoms with E-state index in [4.69, 9.17) is 9.47 Å². The van der Waals surface area contributed by atoms with Crippen LogP contribution in [0.15, 0.2) is 47.3 Å². The van der Waals surface area contributed by atoms with Crippen LogP contribution < -0.4 is 15.0 Å². The molecule has 0 bridgehead atoms. The van der Waals surface area contributed by atoms with Crippen molar-refractivity contribution in [2.75, 3.05) is 20.8 Å². The van der Waals surface area contributed by atoms with Crippen molar-refractivity contribution in [2.24, 2.45) is 0 Å². The van der Waals surface area contributed by atoms with Gasteiger partial charge < -0.3 is 14.5 Å². The molecule has 27 heavy (non-hydrogen) atoms. The minimum atomic E-state index is -0.112. The van der Waals surface area contributed by atoms with E-state index >= 15 is 0 Å². The van der Waals surface area contributed by atoms with Gasteiger partial charge in [-0.15, -0.1) is 0 Å². The Hall–Kier alpha value is -2.86. The third-order valence-electron chi connectivity index (χ3n) is 4.65. The number of nitrogens with one attached hydrogen (secondary N) is 1. The molecule has 0 saturated heterocycles. The summed E-state index contributed by atoms with van der Waals surface area (Å²) in [6, 6.07) is 13.2. The van der Waals surface area contributed by atoms with Crippen LogP contribution in [0.4, 0.5) is 0 Å². The lowest BCUT2D eigenvalue weighted by molar-refractivity contribution is 0.243. The fourth-order valence-corrected chi connectivity index (χ4v) is 3.02. The van der Waals surface area contributed by atoms with E-state index in [1.165, 1.54) is 0 Å². The number of hydrogen-bond acceptors (Lipinski definition) is 5. The molecule has 3 aromatic rings. The summed E-state index contributed by atoms with van der Waals surface area (Å²) in [5.74, 6) is 2.10. The molecule has 1 aromatic heterocycles. The van der Waals surface area contributed by atoms with Gasteiger partial charge in [0, 0.05) is 6.54 Å². The summed E-state index contributed by atoms with van der Waals surface area (Å²) in [5, 5.41) is 0.604. The molecule has 1 atom stereocenters. The second-order valence-electron chi connectivity index (χ2n) is 6.48. The highest BCUT2D eigenvalue weighted by Crippen LogP contribution is 2.29. The van der Waals surface area contributed by atoms with Crippen molar-refractivity contribution >= 4 is 10.9 Å². The van der Waals surface area contributed by atoms with Gasteiger partial charge in [0.15, 0.2) is 11.5 Å². The molecule has 3 rings (SSSR count). The highest BCUT2D eigenvalue weighted by molar-refractivity contribution is 5.77. The number of nitrogens with zero attached hydrogens (tertiary/aromatic N) is 2. The van der Waals surface area contributed by atoms with Gasteiger partial charge in [0.1, 0.15) is 5.82 Å². The zero-order valence-corrected chi connectivity index (χ0v) is 16.2. The summed E-state index contributed by atoms with van der Waals surface area (Å²) in [6.07, 6.45) is 0. The SMILES string of the molecule is CCOc1ccc(CN(C)[C@H](C)c2nc3ccccc3c(=O)[nH]2)cc1OC. The van der Waals surface area contributed by atoms with Crippen LogP contribution >= 0.6 is 0 Å². The molecule has 0 aliphatic carbocycles. The molecule has 0 saturated carbocycles. The summed E-state index contributed by atoms with van der Waals surface area (Å²) in [7, 11) is 3.64. The third kappa shape index (κ3) is 4.11. The van der Waals surface area contributed by atoms with Crippen molar-refractivity contribution in [2.45, 2.75) is 26.4 Å². The van der Waals surface area contributed by atoms with Gasteiger partial charge in [0.25, 0.3) is 5.56 Å².